The molecule has 8 heteroatoms. The van der Waals surface area contributed by atoms with Crippen molar-refractivity contribution >= 4 is 60.2 Å². The fourth-order valence-corrected chi connectivity index (χ4v) is 5.23. The zero-order chi connectivity index (χ0) is 15.8. The molecule has 1 aromatic carbocycles. The summed E-state index contributed by atoms with van der Waals surface area (Å²) in [6.07, 6.45) is 0. The van der Waals surface area contributed by atoms with E-state index >= 15 is 0 Å². The van der Waals surface area contributed by atoms with Gasteiger partial charge in [0.2, 0.25) is 0 Å². The molecular formula is C13H13BrN2O2S3. The van der Waals surface area contributed by atoms with Crippen LogP contribution in [0.25, 0.3) is 0 Å². The number of thiocarbonyl (C=S) groups is 1. The highest BCUT2D eigenvalue weighted by Crippen LogP contribution is 2.31. The minimum Gasteiger partial charge on any atom is -0.389 e. The lowest BCUT2D eigenvalue weighted by atomic mass is 10.1. The lowest BCUT2D eigenvalue weighted by Gasteiger charge is -2.12. The van der Waals surface area contributed by atoms with Gasteiger partial charge < -0.3 is 5.73 Å². The molecule has 112 valence electrons. The molecule has 1 heterocycles. The topological polar surface area (TPSA) is 72.2 Å². The Kier molecular flexibility index (Phi) is 4.72. The van der Waals surface area contributed by atoms with Crippen LogP contribution in [-0.4, -0.2) is 13.4 Å². The number of nitrogens with one attached hydrogen (secondary N) is 1. The first-order valence-corrected chi connectivity index (χ1v) is 9.40. The Bertz CT molecular complexity index is 790. The van der Waals surface area contributed by atoms with Crippen molar-refractivity contribution in [1.29, 1.82) is 0 Å². The highest BCUT2D eigenvalue weighted by atomic mass is 79.9. The Morgan fingerprint density at radius 2 is 2.00 bits per heavy atom. The summed E-state index contributed by atoms with van der Waals surface area (Å²) >= 11 is 9.29. The summed E-state index contributed by atoms with van der Waals surface area (Å²) in [6.45, 7) is 3.80. The lowest BCUT2D eigenvalue weighted by molar-refractivity contribution is 0.603. The van der Waals surface area contributed by atoms with Gasteiger partial charge >= 0.3 is 0 Å². The van der Waals surface area contributed by atoms with Crippen LogP contribution in [0.4, 0.5) is 5.69 Å². The van der Waals surface area contributed by atoms with E-state index in [2.05, 4.69) is 20.7 Å². The number of hydrogen-bond donors (Lipinski definition) is 2. The number of anilines is 1. The summed E-state index contributed by atoms with van der Waals surface area (Å²) < 4.78 is 28.3. The van der Waals surface area contributed by atoms with E-state index in [4.69, 9.17) is 18.0 Å². The van der Waals surface area contributed by atoms with Gasteiger partial charge in [0.25, 0.3) is 10.0 Å². The standard InChI is InChI=1S/C13H13BrN2O2S3/c1-7-5-8(2)12(9(14)6-7)16-21(17,18)11-4-3-10(20-11)13(15)19/h3-6,16H,1-2H3,(H2,15,19). The van der Waals surface area contributed by atoms with Gasteiger partial charge in [-0.2, -0.15) is 0 Å². The minimum atomic E-state index is -3.66. The molecule has 0 saturated heterocycles. The number of aryl methyl sites for hydroxylation is 2. The van der Waals surface area contributed by atoms with Crippen molar-refractivity contribution < 1.29 is 8.42 Å². The van der Waals surface area contributed by atoms with Crippen molar-refractivity contribution in [1.82, 2.24) is 0 Å². The van der Waals surface area contributed by atoms with Crippen LogP contribution in [-0.2, 0) is 10.0 Å². The Balaban J connectivity index is 2.40. The van der Waals surface area contributed by atoms with Crippen LogP contribution in [0.1, 0.15) is 16.0 Å². The van der Waals surface area contributed by atoms with Gasteiger partial charge in [-0.15, -0.1) is 11.3 Å². The van der Waals surface area contributed by atoms with Crippen molar-refractivity contribution in [3.05, 3.63) is 44.7 Å². The second-order valence-corrected chi connectivity index (χ2v) is 8.81. The maximum Gasteiger partial charge on any atom is 0.271 e. The van der Waals surface area contributed by atoms with E-state index in [-0.39, 0.29) is 9.20 Å². The van der Waals surface area contributed by atoms with Crippen molar-refractivity contribution in [3.8, 4) is 0 Å². The quantitative estimate of drug-likeness (QED) is 0.763. The third kappa shape index (κ3) is 3.63. The number of sulfonamides is 1. The number of hydrogen-bond acceptors (Lipinski definition) is 4. The number of nitrogens with two attached hydrogens (primary N) is 1. The molecule has 0 saturated carbocycles. The summed E-state index contributed by atoms with van der Waals surface area (Å²) in [5, 5.41) is 0. The number of thiophene rings is 1. The Labute approximate surface area is 141 Å². The predicted octanol–water partition coefficient (Wildman–Crippen LogP) is 3.56. The van der Waals surface area contributed by atoms with Gasteiger partial charge in [0, 0.05) is 4.47 Å². The molecule has 21 heavy (non-hydrogen) atoms. The Hall–Kier alpha value is -0.960. The molecule has 0 bridgehead atoms. The van der Waals surface area contributed by atoms with Crippen LogP contribution in [0.15, 0.2) is 32.9 Å². The van der Waals surface area contributed by atoms with Gasteiger partial charge in [-0.05, 0) is 59.1 Å². The second kappa shape index (κ2) is 6.04. The molecule has 4 nitrogen and oxygen atoms in total. The average Bonchev–Trinajstić information content (AvgIpc) is 2.84. The summed E-state index contributed by atoms with van der Waals surface area (Å²) in [4.78, 5) is 0.763. The molecule has 2 aromatic rings. The third-order valence-corrected chi connectivity index (χ3v) is 6.69. The second-order valence-electron chi connectivity index (χ2n) is 4.53. The van der Waals surface area contributed by atoms with Crippen LogP contribution in [0.5, 0.6) is 0 Å². The van der Waals surface area contributed by atoms with Crippen LogP contribution in [0.2, 0.25) is 0 Å². The van der Waals surface area contributed by atoms with Crippen molar-refractivity contribution in [2.45, 2.75) is 18.1 Å². The van der Waals surface area contributed by atoms with Crippen LogP contribution in [0, 0.1) is 13.8 Å². The average molecular weight is 405 g/mol. The van der Waals surface area contributed by atoms with Crippen molar-refractivity contribution in [3.63, 3.8) is 0 Å². The molecule has 3 N–H and O–H groups in total. The molecule has 0 unspecified atom stereocenters. The number of rotatable bonds is 4. The molecule has 1 aromatic heterocycles. The monoisotopic (exact) mass is 404 g/mol. The van der Waals surface area contributed by atoms with E-state index < -0.39 is 10.0 Å². The minimum absolute atomic E-state index is 0.178. The highest BCUT2D eigenvalue weighted by molar-refractivity contribution is 9.10. The van der Waals surface area contributed by atoms with Gasteiger partial charge in [-0.3, -0.25) is 4.72 Å². The first kappa shape index (κ1) is 16.4. The van der Waals surface area contributed by atoms with Gasteiger partial charge in [0.05, 0.1) is 10.6 Å². The van der Waals surface area contributed by atoms with E-state index in [1.165, 1.54) is 6.07 Å². The van der Waals surface area contributed by atoms with E-state index in [0.29, 0.717) is 15.0 Å². The van der Waals surface area contributed by atoms with E-state index in [0.717, 1.165) is 22.5 Å². The summed E-state index contributed by atoms with van der Waals surface area (Å²) in [5.74, 6) is 0. The van der Waals surface area contributed by atoms with Gasteiger partial charge in [0.15, 0.2) is 0 Å². The summed E-state index contributed by atoms with van der Waals surface area (Å²) in [7, 11) is -3.66. The zero-order valence-corrected chi connectivity index (χ0v) is 15.3. The molecule has 0 atom stereocenters. The van der Waals surface area contributed by atoms with E-state index in [1.807, 2.05) is 26.0 Å². The molecule has 0 amide bonds. The zero-order valence-electron chi connectivity index (χ0n) is 11.3. The Morgan fingerprint density at radius 1 is 1.33 bits per heavy atom. The van der Waals surface area contributed by atoms with Gasteiger partial charge in [-0.25, -0.2) is 8.42 Å². The van der Waals surface area contributed by atoms with E-state index in [9.17, 15) is 8.42 Å². The normalized spacial score (nSPS) is 11.4. The molecule has 0 radical (unpaired) electrons. The van der Waals surface area contributed by atoms with Gasteiger partial charge in [0.1, 0.15) is 9.20 Å². The molecular weight excluding hydrogens is 392 g/mol. The Morgan fingerprint density at radius 3 is 2.52 bits per heavy atom. The fraction of sp³-hybridized carbons (Fsp3) is 0.154. The summed E-state index contributed by atoms with van der Waals surface area (Å²) in [6, 6.07) is 6.88. The maximum atomic E-state index is 12.4. The lowest BCUT2D eigenvalue weighted by Crippen LogP contribution is -2.13. The van der Waals surface area contributed by atoms with Crippen LogP contribution >= 0.6 is 39.5 Å². The molecule has 0 fully saturated rings. The molecule has 2 rings (SSSR count). The van der Waals surface area contributed by atoms with Crippen LogP contribution < -0.4 is 10.5 Å². The first-order valence-electron chi connectivity index (χ1n) is 5.90. The molecule has 0 aliphatic heterocycles. The fourth-order valence-electron chi connectivity index (χ4n) is 1.83. The number of halogens is 1. The number of benzene rings is 1. The van der Waals surface area contributed by atoms with Crippen molar-refractivity contribution in [2.75, 3.05) is 4.72 Å². The molecule has 0 aliphatic rings. The highest BCUT2D eigenvalue weighted by Gasteiger charge is 2.20. The van der Waals surface area contributed by atoms with Gasteiger partial charge in [-0.1, -0.05) is 18.3 Å². The predicted molar refractivity (Wildman–Crippen MR) is 94.6 cm³/mol. The van der Waals surface area contributed by atoms with Crippen LogP contribution in [0.3, 0.4) is 0 Å². The maximum absolute atomic E-state index is 12.4. The largest absolute Gasteiger partial charge is 0.389 e. The van der Waals surface area contributed by atoms with E-state index in [1.54, 1.807) is 6.07 Å². The summed E-state index contributed by atoms with van der Waals surface area (Å²) in [5.41, 5.74) is 7.93. The molecule has 0 aliphatic carbocycles. The SMILES string of the molecule is Cc1cc(C)c(NS(=O)(=O)c2ccc(C(N)=S)s2)c(Br)c1. The first-order chi connectivity index (χ1) is 9.70. The third-order valence-electron chi connectivity index (χ3n) is 2.76. The van der Waals surface area contributed by atoms with Crippen molar-refractivity contribution in [2.24, 2.45) is 5.73 Å². The smallest absolute Gasteiger partial charge is 0.271 e. The molecule has 0 spiro atoms.